The van der Waals surface area contributed by atoms with Gasteiger partial charge in [0.05, 0.1) is 16.5 Å². The van der Waals surface area contributed by atoms with Gasteiger partial charge < -0.3 is 9.84 Å². The van der Waals surface area contributed by atoms with Crippen molar-refractivity contribution in [2.24, 2.45) is 5.41 Å². The van der Waals surface area contributed by atoms with Crippen molar-refractivity contribution >= 4 is 23.6 Å². The highest BCUT2D eigenvalue weighted by Crippen LogP contribution is 2.43. The van der Waals surface area contributed by atoms with Gasteiger partial charge in [0, 0.05) is 16.7 Å². The third-order valence-corrected chi connectivity index (χ3v) is 5.38. The predicted molar refractivity (Wildman–Crippen MR) is 108 cm³/mol. The van der Waals surface area contributed by atoms with E-state index in [-0.39, 0.29) is 39.5 Å². The van der Waals surface area contributed by atoms with Crippen molar-refractivity contribution in [1.29, 1.82) is 0 Å². The minimum absolute atomic E-state index is 0.0412. The zero-order chi connectivity index (χ0) is 21.1. The van der Waals surface area contributed by atoms with Crippen molar-refractivity contribution in [1.82, 2.24) is 0 Å². The van der Waals surface area contributed by atoms with Gasteiger partial charge in [-0.05, 0) is 58.2 Å². The lowest BCUT2D eigenvalue weighted by atomic mass is 9.79. The molecular weight excluding hydrogens is 368 g/mol. The van der Waals surface area contributed by atoms with E-state index in [1.54, 1.807) is 26.8 Å². The average Bonchev–Trinajstić information content (AvgIpc) is 2.64. The van der Waals surface area contributed by atoms with Crippen molar-refractivity contribution in [3.8, 4) is 11.5 Å². The fourth-order valence-electron chi connectivity index (χ4n) is 3.77. The molecule has 0 heterocycles. The second-order valence-corrected chi connectivity index (χ2v) is 8.68. The number of hydrogen-bond donors (Lipinski definition) is 1. The quantitative estimate of drug-likeness (QED) is 0.490. The van der Waals surface area contributed by atoms with E-state index in [1.807, 2.05) is 13.0 Å². The van der Waals surface area contributed by atoms with E-state index in [0.717, 1.165) is 23.1 Å². The van der Waals surface area contributed by atoms with Crippen molar-refractivity contribution in [2.75, 3.05) is 0 Å². The molecule has 0 atom stereocenters. The second kappa shape index (κ2) is 6.41. The first-order valence-corrected chi connectivity index (χ1v) is 9.60. The van der Waals surface area contributed by atoms with Gasteiger partial charge in [0.2, 0.25) is 5.78 Å². The molecule has 0 spiro atoms. The maximum Gasteiger partial charge on any atom is 0.316 e. The van der Waals surface area contributed by atoms with Crippen LogP contribution in [0.3, 0.4) is 0 Å². The van der Waals surface area contributed by atoms with Crippen LogP contribution in [0.4, 0.5) is 0 Å². The number of aromatic hydroxyl groups is 1. The van der Waals surface area contributed by atoms with Crippen LogP contribution >= 0.6 is 0 Å². The van der Waals surface area contributed by atoms with Gasteiger partial charge in [-0.15, -0.1) is 0 Å². The van der Waals surface area contributed by atoms with Gasteiger partial charge in [-0.2, -0.15) is 0 Å². The lowest BCUT2D eigenvalue weighted by Crippen LogP contribution is -2.29. The Bertz CT molecular complexity index is 1130. The number of ether oxygens (including phenoxy) is 1. The van der Waals surface area contributed by atoms with Crippen LogP contribution in [0.2, 0.25) is 0 Å². The molecule has 0 aliphatic heterocycles. The molecule has 2 aliphatic rings. The van der Waals surface area contributed by atoms with E-state index in [2.05, 4.69) is 0 Å². The number of carbonyl (C=O) groups is 3. The van der Waals surface area contributed by atoms with Crippen LogP contribution in [-0.4, -0.2) is 22.6 Å². The van der Waals surface area contributed by atoms with Gasteiger partial charge in [-0.3, -0.25) is 14.4 Å². The molecule has 5 heteroatoms. The summed E-state index contributed by atoms with van der Waals surface area (Å²) < 4.78 is 5.76. The van der Waals surface area contributed by atoms with Crippen molar-refractivity contribution in [3.05, 3.63) is 63.2 Å². The molecule has 2 aromatic rings. The van der Waals surface area contributed by atoms with E-state index in [0.29, 0.717) is 6.42 Å². The molecule has 0 aromatic heterocycles. The topological polar surface area (TPSA) is 80.7 Å². The summed E-state index contributed by atoms with van der Waals surface area (Å²) in [6.07, 6.45) is 3.34. The summed E-state index contributed by atoms with van der Waals surface area (Å²) in [5.41, 5.74) is 2.28. The van der Waals surface area contributed by atoms with Crippen molar-refractivity contribution in [2.45, 2.75) is 40.5 Å². The number of phenols is 1. The Hall–Kier alpha value is -3.21. The number of carbonyl (C=O) groups excluding carboxylic acids is 3. The molecule has 5 nitrogen and oxygen atoms in total. The third-order valence-electron chi connectivity index (χ3n) is 5.38. The number of benzene rings is 2. The Balaban J connectivity index is 2.02. The molecule has 0 fully saturated rings. The summed E-state index contributed by atoms with van der Waals surface area (Å²) >= 11 is 0. The number of fused-ring (bicyclic) bond motifs is 3. The minimum Gasteiger partial charge on any atom is -0.507 e. The highest BCUT2D eigenvalue weighted by molar-refractivity contribution is 6.30. The summed E-state index contributed by atoms with van der Waals surface area (Å²) in [7, 11) is 0. The Morgan fingerprint density at radius 3 is 2.45 bits per heavy atom. The van der Waals surface area contributed by atoms with E-state index in [9.17, 15) is 19.5 Å². The molecule has 2 aliphatic carbocycles. The van der Waals surface area contributed by atoms with Crippen LogP contribution in [0.5, 0.6) is 11.5 Å². The fraction of sp³-hybridized carbons (Fsp3) is 0.292. The van der Waals surface area contributed by atoms with Crippen LogP contribution in [0.25, 0.3) is 6.08 Å². The van der Waals surface area contributed by atoms with E-state index < -0.39 is 17.2 Å². The summed E-state index contributed by atoms with van der Waals surface area (Å²) in [5.74, 6) is -1.46. The fourth-order valence-corrected chi connectivity index (χ4v) is 3.77. The maximum absolute atomic E-state index is 13.4. The Kier molecular flexibility index (Phi) is 4.23. The smallest absolute Gasteiger partial charge is 0.316 e. The minimum atomic E-state index is -0.780. The van der Waals surface area contributed by atoms with Gasteiger partial charge in [-0.25, -0.2) is 0 Å². The number of ketones is 2. The van der Waals surface area contributed by atoms with Crippen LogP contribution in [0, 0.1) is 5.41 Å². The average molecular weight is 390 g/mol. The second-order valence-electron chi connectivity index (χ2n) is 8.68. The number of esters is 1. The Labute approximate surface area is 169 Å². The first kappa shape index (κ1) is 19.1. The molecule has 148 valence electrons. The Morgan fingerprint density at radius 1 is 1.03 bits per heavy atom. The molecule has 0 amide bonds. The summed E-state index contributed by atoms with van der Waals surface area (Å²) in [6.45, 7) is 7.20. The standard InChI is InChI=1S/C24H22O5/c1-12-8-9-14-13(10-12)11-16-19(22(14)29-23(28)24(2,3)4)21(27)18-15(20(16)26)6-5-7-17(18)25/h5-7,10-11,25H,8-9H2,1-4H3. The van der Waals surface area contributed by atoms with E-state index in [4.69, 9.17) is 4.74 Å². The molecule has 0 bridgehead atoms. The Morgan fingerprint density at radius 2 is 1.76 bits per heavy atom. The normalized spacial score (nSPS) is 15.2. The van der Waals surface area contributed by atoms with Crippen LogP contribution in [-0.2, 0) is 11.2 Å². The molecule has 0 saturated heterocycles. The van der Waals surface area contributed by atoms with Gasteiger partial charge in [-0.1, -0.05) is 23.8 Å². The number of phenolic OH excluding ortho intramolecular Hbond substituents is 1. The summed E-state index contributed by atoms with van der Waals surface area (Å²) in [5, 5.41) is 10.3. The largest absolute Gasteiger partial charge is 0.507 e. The van der Waals surface area contributed by atoms with Gasteiger partial charge >= 0.3 is 5.97 Å². The van der Waals surface area contributed by atoms with Gasteiger partial charge in [0.15, 0.2) is 5.78 Å². The SMILES string of the molecule is CC1=Cc2cc3c(c(OC(=O)C(C)(C)C)c2CC1)C(=O)c1c(O)cccc1C3=O. The number of allylic oxidation sites excluding steroid dienone is 1. The molecule has 29 heavy (non-hydrogen) atoms. The maximum atomic E-state index is 13.4. The van der Waals surface area contributed by atoms with Gasteiger partial charge in [0.1, 0.15) is 11.5 Å². The first-order chi connectivity index (χ1) is 13.6. The van der Waals surface area contributed by atoms with Crippen LogP contribution in [0.15, 0.2) is 29.8 Å². The predicted octanol–water partition coefficient (Wildman–Crippen LogP) is 4.47. The monoisotopic (exact) mass is 390 g/mol. The van der Waals surface area contributed by atoms with E-state index in [1.165, 1.54) is 18.2 Å². The van der Waals surface area contributed by atoms with E-state index >= 15 is 0 Å². The van der Waals surface area contributed by atoms with Crippen LogP contribution in [0.1, 0.15) is 77.1 Å². The first-order valence-electron chi connectivity index (χ1n) is 9.60. The summed E-state index contributed by atoms with van der Waals surface area (Å²) in [6, 6.07) is 6.14. The molecule has 1 N–H and O–H groups in total. The van der Waals surface area contributed by atoms with Crippen molar-refractivity contribution in [3.63, 3.8) is 0 Å². The molecular formula is C24H22O5. The summed E-state index contributed by atoms with van der Waals surface area (Å²) in [4.78, 5) is 39.2. The lowest BCUT2D eigenvalue weighted by Gasteiger charge is -2.27. The van der Waals surface area contributed by atoms with Gasteiger partial charge in [0.25, 0.3) is 0 Å². The number of hydrogen-bond acceptors (Lipinski definition) is 5. The molecule has 2 aromatic carbocycles. The molecule has 4 rings (SSSR count). The zero-order valence-electron chi connectivity index (χ0n) is 16.9. The number of rotatable bonds is 1. The zero-order valence-corrected chi connectivity index (χ0v) is 16.9. The molecule has 0 saturated carbocycles. The molecule has 0 unspecified atom stereocenters. The molecule has 0 radical (unpaired) electrons. The van der Waals surface area contributed by atoms with Crippen LogP contribution < -0.4 is 4.74 Å². The van der Waals surface area contributed by atoms with Crippen molar-refractivity contribution < 1.29 is 24.2 Å². The highest BCUT2D eigenvalue weighted by atomic mass is 16.5. The highest BCUT2D eigenvalue weighted by Gasteiger charge is 2.38. The lowest BCUT2D eigenvalue weighted by molar-refractivity contribution is -0.143. The third kappa shape index (κ3) is 2.97.